The molecule has 0 aliphatic heterocycles. The molecule has 2 aromatic carbocycles. The van der Waals surface area contributed by atoms with E-state index in [2.05, 4.69) is 0 Å². The molecule has 0 heterocycles. The molecule has 86 valence electrons. The number of carbonyl (C=O) groups excluding carboxylic acids is 1. The third kappa shape index (κ3) is 2.20. The van der Waals surface area contributed by atoms with Crippen LogP contribution in [0.3, 0.4) is 0 Å². The van der Waals surface area contributed by atoms with Crippen molar-refractivity contribution in [2.45, 2.75) is 0 Å². The normalized spacial score (nSPS) is 10.3. The fourth-order valence-corrected chi connectivity index (χ4v) is 1.49. The van der Waals surface area contributed by atoms with Gasteiger partial charge in [0.05, 0.1) is 5.56 Å². The van der Waals surface area contributed by atoms with Crippen LogP contribution >= 0.6 is 0 Å². The summed E-state index contributed by atoms with van der Waals surface area (Å²) in [7, 11) is 0. The third-order valence-corrected chi connectivity index (χ3v) is 2.38. The molecule has 17 heavy (non-hydrogen) atoms. The minimum absolute atomic E-state index is 0.118. The van der Waals surface area contributed by atoms with Crippen molar-refractivity contribution in [2.75, 3.05) is 0 Å². The van der Waals surface area contributed by atoms with E-state index in [1.807, 2.05) is 0 Å². The highest BCUT2D eigenvalue weighted by Crippen LogP contribution is 2.23. The highest BCUT2D eigenvalue weighted by atomic mass is 19.2. The Hall–Kier alpha value is -2.10. The molecule has 2 rings (SSSR count). The lowest BCUT2D eigenvalue weighted by atomic mass is 10.0. The molecule has 0 fully saturated rings. The lowest BCUT2D eigenvalue weighted by Crippen LogP contribution is -1.90. The minimum atomic E-state index is -0.987. The van der Waals surface area contributed by atoms with Crippen LogP contribution in [0.1, 0.15) is 10.4 Å². The smallest absolute Gasteiger partial charge is 0.159 e. The largest absolute Gasteiger partial charge is 0.298 e. The summed E-state index contributed by atoms with van der Waals surface area (Å²) in [6.07, 6.45) is 0.374. The predicted molar refractivity (Wildman–Crippen MR) is 57.1 cm³/mol. The molecule has 0 radical (unpaired) electrons. The average molecular weight is 236 g/mol. The van der Waals surface area contributed by atoms with Crippen molar-refractivity contribution >= 4 is 6.29 Å². The van der Waals surface area contributed by atoms with Crippen LogP contribution in [0.2, 0.25) is 0 Å². The molecule has 0 saturated heterocycles. The number of hydrogen-bond acceptors (Lipinski definition) is 1. The summed E-state index contributed by atoms with van der Waals surface area (Å²) in [6.45, 7) is 0. The van der Waals surface area contributed by atoms with E-state index in [1.165, 1.54) is 18.2 Å². The number of aldehydes is 1. The Labute approximate surface area is 95.5 Å². The Balaban J connectivity index is 2.52. The van der Waals surface area contributed by atoms with Crippen molar-refractivity contribution in [1.29, 1.82) is 0 Å². The summed E-state index contributed by atoms with van der Waals surface area (Å²) < 4.78 is 38.8. The lowest BCUT2D eigenvalue weighted by Gasteiger charge is -2.04. The molecule has 0 saturated carbocycles. The van der Waals surface area contributed by atoms with Gasteiger partial charge in [-0.1, -0.05) is 12.1 Å². The van der Waals surface area contributed by atoms with Gasteiger partial charge in [0, 0.05) is 0 Å². The molecular formula is C13H7F3O. The van der Waals surface area contributed by atoms with Crippen molar-refractivity contribution in [3.05, 3.63) is 59.4 Å². The van der Waals surface area contributed by atoms with Crippen LogP contribution < -0.4 is 0 Å². The van der Waals surface area contributed by atoms with Gasteiger partial charge in [-0.25, -0.2) is 13.2 Å². The fraction of sp³-hybridized carbons (Fsp3) is 0. The van der Waals surface area contributed by atoms with E-state index in [4.69, 9.17) is 0 Å². The van der Waals surface area contributed by atoms with E-state index < -0.39 is 17.5 Å². The number of rotatable bonds is 2. The Morgan fingerprint density at radius 1 is 0.765 bits per heavy atom. The van der Waals surface area contributed by atoms with Gasteiger partial charge in [-0.15, -0.1) is 0 Å². The predicted octanol–water partition coefficient (Wildman–Crippen LogP) is 3.58. The molecule has 1 nitrogen and oxygen atoms in total. The molecule has 0 atom stereocenters. The Bertz CT molecular complexity index is 579. The van der Waals surface area contributed by atoms with Crippen LogP contribution in [0.25, 0.3) is 11.1 Å². The summed E-state index contributed by atoms with van der Waals surface area (Å²) in [5.41, 5.74) is 0.714. The number of carbonyl (C=O) groups is 1. The van der Waals surface area contributed by atoms with Gasteiger partial charge in [-0.2, -0.15) is 0 Å². The molecule has 0 aliphatic carbocycles. The Kier molecular flexibility index (Phi) is 2.95. The molecule has 0 spiro atoms. The molecular weight excluding hydrogens is 229 g/mol. The van der Waals surface area contributed by atoms with Gasteiger partial charge in [0.2, 0.25) is 0 Å². The Morgan fingerprint density at radius 3 is 1.94 bits per heavy atom. The standard InChI is InChI=1S/C13H7F3O/c14-11-3-1-8(5-10(11)7-17)9-2-4-12(15)13(16)6-9/h1-7H. The van der Waals surface area contributed by atoms with E-state index in [0.717, 1.165) is 18.2 Å². The molecule has 0 aromatic heterocycles. The number of benzene rings is 2. The summed E-state index contributed by atoms with van der Waals surface area (Å²) >= 11 is 0. The average Bonchev–Trinajstić information content (AvgIpc) is 2.33. The number of halogens is 3. The van der Waals surface area contributed by atoms with Crippen LogP contribution in [0.4, 0.5) is 13.2 Å². The van der Waals surface area contributed by atoms with Gasteiger partial charge in [0.1, 0.15) is 5.82 Å². The van der Waals surface area contributed by atoms with Gasteiger partial charge in [0.15, 0.2) is 17.9 Å². The van der Waals surface area contributed by atoms with Crippen LogP contribution in [0, 0.1) is 17.5 Å². The molecule has 0 aliphatic rings. The molecule has 2 aromatic rings. The second kappa shape index (κ2) is 4.41. The molecule has 4 heteroatoms. The maximum absolute atomic E-state index is 13.1. The third-order valence-electron chi connectivity index (χ3n) is 2.38. The van der Waals surface area contributed by atoms with Crippen molar-refractivity contribution < 1.29 is 18.0 Å². The zero-order valence-electron chi connectivity index (χ0n) is 8.58. The SMILES string of the molecule is O=Cc1cc(-c2ccc(F)c(F)c2)ccc1F. The van der Waals surface area contributed by atoms with E-state index in [9.17, 15) is 18.0 Å². The van der Waals surface area contributed by atoms with Crippen LogP contribution in [0.5, 0.6) is 0 Å². The molecule has 0 bridgehead atoms. The quantitative estimate of drug-likeness (QED) is 0.728. The van der Waals surface area contributed by atoms with E-state index in [1.54, 1.807) is 0 Å². The maximum Gasteiger partial charge on any atom is 0.159 e. The number of hydrogen-bond donors (Lipinski definition) is 0. The van der Waals surface area contributed by atoms with E-state index in [0.29, 0.717) is 17.4 Å². The zero-order chi connectivity index (χ0) is 12.4. The molecule has 0 amide bonds. The van der Waals surface area contributed by atoms with Gasteiger partial charge in [-0.05, 0) is 35.4 Å². The van der Waals surface area contributed by atoms with Crippen molar-refractivity contribution in [2.24, 2.45) is 0 Å². The highest BCUT2D eigenvalue weighted by Gasteiger charge is 2.07. The second-order valence-corrected chi connectivity index (χ2v) is 3.48. The van der Waals surface area contributed by atoms with E-state index >= 15 is 0 Å². The first kappa shape index (κ1) is 11.4. The van der Waals surface area contributed by atoms with E-state index in [-0.39, 0.29) is 5.56 Å². The van der Waals surface area contributed by atoms with Gasteiger partial charge < -0.3 is 0 Å². The van der Waals surface area contributed by atoms with Crippen molar-refractivity contribution in [3.63, 3.8) is 0 Å². The van der Waals surface area contributed by atoms with Crippen LogP contribution in [-0.2, 0) is 0 Å². The molecule has 0 N–H and O–H groups in total. The summed E-state index contributed by atoms with van der Waals surface area (Å²) in [4.78, 5) is 10.6. The zero-order valence-corrected chi connectivity index (χ0v) is 8.58. The maximum atomic E-state index is 13.1. The van der Waals surface area contributed by atoms with Crippen LogP contribution in [-0.4, -0.2) is 6.29 Å². The first-order valence-corrected chi connectivity index (χ1v) is 4.82. The first-order valence-electron chi connectivity index (χ1n) is 4.82. The van der Waals surface area contributed by atoms with Gasteiger partial charge >= 0.3 is 0 Å². The van der Waals surface area contributed by atoms with Gasteiger partial charge in [0.25, 0.3) is 0 Å². The Morgan fingerprint density at radius 2 is 1.35 bits per heavy atom. The lowest BCUT2D eigenvalue weighted by molar-refractivity contribution is 0.112. The second-order valence-electron chi connectivity index (χ2n) is 3.48. The fourth-order valence-electron chi connectivity index (χ4n) is 1.49. The molecule has 0 unspecified atom stereocenters. The van der Waals surface area contributed by atoms with Crippen LogP contribution in [0.15, 0.2) is 36.4 Å². The highest BCUT2D eigenvalue weighted by molar-refractivity contribution is 5.79. The van der Waals surface area contributed by atoms with Gasteiger partial charge in [-0.3, -0.25) is 4.79 Å². The first-order chi connectivity index (χ1) is 8.11. The summed E-state index contributed by atoms with van der Waals surface area (Å²) in [5, 5.41) is 0. The van der Waals surface area contributed by atoms with Crippen molar-refractivity contribution in [3.8, 4) is 11.1 Å². The summed E-state index contributed by atoms with van der Waals surface area (Å²) in [6, 6.07) is 7.14. The van der Waals surface area contributed by atoms with Crippen molar-refractivity contribution in [1.82, 2.24) is 0 Å². The summed E-state index contributed by atoms with van der Waals surface area (Å²) in [5.74, 6) is -2.59. The topological polar surface area (TPSA) is 17.1 Å². The monoisotopic (exact) mass is 236 g/mol. The minimum Gasteiger partial charge on any atom is -0.298 e.